The van der Waals surface area contributed by atoms with Gasteiger partial charge in [0.15, 0.2) is 0 Å². The largest absolute Gasteiger partial charge is 0.369 e. The molecule has 1 atom stereocenters. The van der Waals surface area contributed by atoms with Gasteiger partial charge in [-0.05, 0) is 39.0 Å². The molecule has 0 bridgehead atoms. The van der Waals surface area contributed by atoms with Gasteiger partial charge >= 0.3 is 0 Å². The minimum absolute atomic E-state index is 0.0569. The lowest BCUT2D eigenvalue weighted by atomic mass is 10.1. The van der Waals surface area contributed by atoms with E-state index < -0.39 is 17.7 Å². The number of amides is 1. The van der Waals surface area contributed by atoms with Gasteiger partial charge in [0.25, 0.3) is 0 Å². The van der Waals surface area contributed by atoms with Gasteiger partial charge in [-0.15, -0.1) is 0 Å². The number of likely N-dealkylation sites (N-methyl/N-ethyl adjacent to an activating group) is 1. The number of hydrogen-bond donors (Lipinski definition) is 0. The third-order valence-corrected chi connectivity index (χ3v) is 2.92. The first-order chi connectivity index (χ1) is 8.82. The van der Waals surface area contributed by atoms with Crippen LogP contribution in [-0.4, -0.2) is 30.6 Å². The summed E-state index contributed by atoms with van der Waals surface area (Å²) in [5.74, 6) is -1.33. The van der Waals surface area contributed by atoms with Gasteiger partial charge < -0.3 is 9.64 Å². The first-order valence-corrected chi connectivity index (χ1v) is 6.15. The molecule has 1 aromatic carbocycles. The average molecular weight is 271 g/mol. The number of hydrogen-bond acceptors (Lipinski definition) is 2. The summed E-state index contributed by atoms with van der Waals surface area (Å²) in [5.41, 5.74) is 0.153. The summed E-state index contributed by atoms with van der Waals surface area (Å²) < 4.78 is 32.0. The van der Waals surface area contributed by atoms with Crippen molar-refractivity contribution >= 4 is 5.91 Å². The lowest BCUT2D eigenvalue weighted by Gasteiger charge is -2.26. The van der Waals surface area contributed by atoms with Crippen molar-refractivity contribution in [2.24, 2.45) is 0 Å². The molecular weight excluding hydrogens is 252 g/mol. The summed E-state index contributed by atoms with van der Waals surface area (Å²) in [6.45, 7) is 5.21. The third-order valence-electron chi connectivity index (χ3n) is 2.92. The Morgan fingerprint density at radius 2 is 1.95 bits per heavy atom. The van der Waals surface area contributed by atoms with E-state index in [1.807, 2.05) is 13.8 Å². The maximum Gasteiger partial charge on any atom is 0.248 e. The van der Waals surface area contributed by atoms with Crippen molar-refractivity contribution < 1.29 is 18.3 Å². The van der Waals surface area contributed by atoms with E-state index in [9.17, 15) is 13.6 Å². The van der Waals surface area contributed by atoms with E-state index in [0.717, 1.165) is 18.2 Å². The molecule has 0 saturated carbocycles. The van der Waals surface area contributed by atoms with Crippen LogP contribution in [0.4, 0.5) is 8.78 Å². The predicted octanol–water partition coefficient (Wildman–Crippen LogP) is 2.91. The van der Waals surface area contributed by atoms with Crippen LogP contribution in [0.1, 0.15) is 32.4 Å². The molecule has 3 nitrogen and oxygen atoms in total. The Balaban J connectivity index is 2.78. The maximum atomic E-state index is 13.6. The molecule has 1 amide bonds. The molecule has 0 aliphatic carbocycles. The van der Waals surface area contributed by atoms with Gasteiger partial charge in [-0.2, -0.15) is 0 Å². The fraction of sp³-hybridized carbons (Fsp3) is 0.500. The topological polar surface area (TPSA) is 29.5 Å². The highest BCUT2D eigenvalue weighted by Gasteiger charge is 2.21. The van der Waals surface area contributed by atoms with E-state index in [1.165, 1.54) is 4.90 Å². The van der Waals surface area contributed by atoms with E-state index in [4.69, 9.17) is 4.74 Å². The summed E-state index contributed by atoms with van der Waals surface area (Å²) in [6, 6.07) is 2.66. The molecule has 106 valence electrons. The van der Waals surface area contributed by atoms with Gasteiger partial charge in [0.2, 0.25) is 5.91 Å². The molecule has 1 aromatic rings. The van der Waals surface area contributed by atoms with Crippen LogP contribution in [0.15, 0.2) is 18.2 Å². The monoisotopic (exact) mass is 271 g/mol. The Morgan fingerprint density at radius 3 is 2.53 bits per heavy atom. The van der Waals surface area contributed by atoms with Crippen LogP contribution in [-0.2, 0) is 9.53 Å². The zero-order chi connectivity index (χ0) is 14.6. The lowest BCUT2D eigenvalue weighted by Crippen LogP contribution is -2.33. The third kappa shape index (κ3) is 4.28. The SMILES string of the molecule is CC(C)OCC(=O)N(C)C(C)c1cc(F)ccc1F. The molecule has 0 aliphatic heterocycles. The number of carbonyl (C=O) groups excluding carboxylic acids is 1. The zero-order valence-electron chi connectivity index (χ0n) is 11.6. The molecule has 0 saturated heterocycles. The number of halogens is 2. The van der Waals surface area contributed by atoms with Gasteiger partial charge in [-0.1, -0.05) is 0 Å². The van der Waals surface area contributed by atoms with Crippen LogP contribution in [0.3, 0.4) is 0 Å². The van der Waals surface area contributed by atoms with Gasteiger partial charge in [0.1, 0.15) is 18.2 Å². The normalized spacial score (nSPS) is 12.6. The minimum atomic E-state index is -0.557. The summed E-state index contributed by atoms with van der Waals surface area (Å²) in [7, 11) is 1.54. The van der Waals surface area contributed by atoms with Crippen molar-refractivity contribution in [1.29, 1.82) is 0 Å². The second-order valence-corrected chi connectivity index (χ2v) is 4.71. The molecule has 0 radical (unpaired) electrons. The first kappa shape index (κ1) is 15.6. The van der Waals surface area contributed by atoms with Crippen LogP contribution in [0.5, 0.6) is 0 Å². The highest BCUT2D eigenvalue weighted by atomic mass is 19.1. The molecule has 19 heavy (non-hydrogen) atoms. The van der Waals surface area contributed by atoms with E-state index in [2.05, 4.69) is 0 Å². The second-order valence-electron chi connectivity index (χ2n) is 4.71. The van der Waals surface area contributed by atoms with Crippen molar-refractivity contribution in [3.63, 3.8) is 0 Å². The van der Waals surface area contributed by atoms with Gasteiger partial charge in [0.05, 0.1) is 12.1 Å². The van der Waals surface area contributed by atoms with Crippen molar-refractivity contribution in [1.82, 2.24) is 4.90 Å². The maximum absolute atomic E-state index is 13.6. The molecule has 5 heteroatoms. The fourth-order valence-corrected chi connectivity index (χ4v) is 1.60. The Hall–Kier alpha value is -1.49. The standard InChI is InChI=1S/C14H19F2NO2/c1-9(2)19-8-14(18)17(4)10(3)12-7-11(15)5-6-13(12)16/h5-7,9-10H,8H2,1-4H3. The van der Waals surface area contributed by atoms with Gasteiger partial charge in [0, 0.05) is 12.6 Å². The van der Waals surface area contributed by atoms with E-state index >= 15 is 0 Å². The van der Waals surface area contributed by atoms with E-state index in [1.54, 1.807) is 14.0 Å². The van der Waals surface area contributed by atoms with Crippen LogP contribution in [0.25, 0.3) is 0 Å². The second kappa shape index (κ2) is 6.61. The lowest BCUT2D eigenvalue weighted by molar-refractivity contribution is -0.138. The summed E-state index contributed by atoms with van der Waals surface area (Å²) in [6.07, 6.45) is -0.0569. The van der Waals surface area contributed by atoms with Crippen LogP contribution in [0.2, 0.25) is 0 Å². The molecule has 0 aromatic heterocycles. The number of rotatable bonds is 5. The Labute approximate surface area is 112 Å². The molecule has 0 heterocycles. The molecular formula is C14H19F2NO2. The molecule has 0 aliphatic rings. The molecule has 1 unspecified atom stereocenters. The van der Waals surface area contributed by atoms with Crippen molar-refractivity contribution in [2.75, 3.05) is 13.7 Å². The molecule has 1 rings (SSSR count). The van der Waals surface area contributed by atoms with Gasteiger partial charge in [-0.25, -0.2) is 8.78 Å². The summed E-state index contributed by atoms with van der Waals surface area (Å²) in [5, 5.41) is 0. The number of carbonyl (C=O) groups is 1. The summed E-state index contributed by atoms with van der Waals surface area (Å²) in [4.78, 5) is 13.2. The molecule has 0 spiro atoms. The minimum Gasteiger partial charge on any atom is -0.369 e. The first-order valence-electron chi connectivity index (χ1n) is 6.15. The molecule has 0 fully saturated rings. The van der Waals surface area contributed by atoms with Crippen LogP contribution in [0, 0.1) is 11.6 Å². The number of ether oxygens (including phenoxy) is 1. The zero-order valence-corrected chi connectivity index (χ0v) is 11.6. The Morgan fingerprint density at radius 1 is 1.32 bits per heavy atom. The number of benzene rings is 1. The van der Waals surface area contributed by atoms with Crippen LogP contribution < -0.4 is 0 Å². The number of nitrogens with zero attached hydrogens (tertiary/aromatic N) is 1. The van der Waals surface area contributed by atoms with Gasteiger partial charge in [-0.3, -0.25) is 4.79 Å². The van der Waals surface area contributed by atoms with Crippen LogP contribution >= 0.6 is 0 Å². The summed E-state index contributed by atoms with van der Waals surface area (Å²) >= 11 is 0. The molecule has 0 N–H and O–H groups in total. The van der Waals surface area contributed by atoms with Crippen molar-refractivity contribution in [2.45, 2.75) is 32.9 Å². The highest BCUT2D eigenvalue weighted by Crippen LogP contribution is 2.22. The van der Waals surface area contributed by atoms with E-state index in [0.29, 0.717) is 0 Å². The fourth-order valence-electron chi connectivity index (χ4n) is 1.60. The van der Waals surface area contributed by atoms with Crippen molar-refractivity contribution in [3.8, 4) is 0 Å². The van der Waals surface area contributed by atoms with Crippen molar-refractivity contribution in [3.05, 3.63) is 35.4 Å². The van der Waals surface area contributed by atoms with E-state index in [-0.39, 0.29) is 24.2 Å². The smallest absolute Gasteiger partial charge is 0.248 e. The average Bonchev–Trinajstić information content (AvgIpc) is 2.37. The Kier molecular flexibility index (Phi) is 5.42. The highest BCUT2D eigenvalue weighted by molar-refractivity contribution is 5.77. The predicted molar refractivity (Wildman–Crippen MR) is 68.6 cm³/mol. The quantitative estimate of drug-likeness (QED) is 0.824. The Bertz CT molecular complexity index is 449.